The number of hydrogen-bond acceptors (Lipinski definition) is 3. The highest BCUT2D eigenvalue weighted by Gasteiger charge is 2.03. The minimum Gasteiger partial charge on any atom is -0.347 e. The first-order chi connectivity index (χ1) is 9.33. The van der Waals surface area contributed by atoms with Crippen LogP contribution >= 0.6 is 0 Å². The molecule has 0 radical (unpaired) electrons. The Balaban J connectivity index is 1.80. The van der Waals surface area contributed by atoms with Gasteiger partial charge in [0.05, 0.1) is 11.8 Å². The highest BCUT2D eigenvalue weighted by molar-refractivity contribution is 5.82. The fraction of sp³-hybridized carbons (Fsp3) is 0.200. The summed E-state index contributed by atoms with van der Waals surface area (Å²) in [6.07, 6.45) is 3.53. The summed E-state index contributed by atoms with van der Waals surface area (Å²) >= 11 is 0. The third kappa shape index (κ3) is 2.63. The van der Waals surface area contributed by atoms with Crippen molar-refractivity contribution in [2.75, 3.05) is 0 Å². The third-order valence-electron chi connectivity index (χ3n) is 3.12. The van der Waals surface area contributed by atoms with Gasteiger partial charge in [-0.25, -0.2) is 4.98 Å². The summed E-state index contributed by atoms with van der Waals surface area (Å²) in [7, 11) is 0. The lowest BCUT2D eigenvalue weighted by molar-refractivity contribution is 0.684. The van der Waals surface area contributed by atoms with Crippen molar-refractivity contribution in [1.29, 1.82) is 0 Å². The van der Waals surface area contributed by atoms with Crippen LogP contribution in [0.15, 0.2) is 42.9 Å². The van der Waals surface area contributed by atoms with E-state index in [1.165, 1.54) is 10.9 Å². The second kappa shape index (κ2) is 5.20. The Labute approximate surface area is 111 Å². The van der Waals surface area contributed by atoms with Gasteiger partial charge in [0.2, 0.25) is 0 Å². The number of rotatable bonds is 4. The highest BCUT2D eigenvalue weighted by atomic mass is 14.9. The van der Waals surface area contributed by atoms with Crippen LogP contribution in [0.5, 0.6) is 0 Å². The number of hydrogen-bond donors (Lipinski definition) is 2. The number of aromatic nitrogens is 3. The van der Waals surface area contributed by atoms with Crippen LogP contribution < -0.4 is 5.32 Å². The van der Waals surface area contributed by atoms with Crippen molar-refractivity contribution in [2.24, 2.45) is 0 Å². The molecule has 0 amide bonds. The van der Waals surface area contributed by atoms with Gasteiger partial charge in [-0.1, -0.05) is 18.2 Å². The van der Waals surface area contributed by atoms with Crippen LogP contribution in [-0.2, 0) is 13.1 Å². The van der Waals surface area contributed by atoms with Crippen LogP contribution in [0, 0.1) is 6.92 Å². The fourth-order valence-electron chi connectivity index (χ4n) is 2.25. The average molecular weight is 252 g/mol. The van der Waals surface area contributed by atoms with E-state index in [1.54, 1.807) is 6.33 Å². The number of nitrogens with one attached hydrogen (secondary N) is 2. The summed E-state index contributed by atoms with van der Waals surface area (Å²) < 4.78 is 0. The molecule has 0 aliphatic carbocycles. The molecule has 3 rings (SSSR count). The minimum atomic E-state index is 0.787. The number of fused-ring (bicyclic) bond motifs is 1. The molecule has 0 spiro atoms. The lowest BCUT2D eigenvalue weighted by Gasteiger charge is -2.08. The van der Waals surface area contributed by atoms with Crippen LogP contribution in [0.4, 0.5) is 0 Å². The van der Waals surface area contributed by atoms with Gasteiger partial charge in [-0.3, -0.25) is 4.98 Å². The van der Waals surface area contributed by atoms with Gasteiger partial charge in [-0.05, 0) is 24.6 Å². The van der Waals surface area contributed by atoms with Crippen molar-refractivity contribution < 1.29 is 0 Å². The molecule has 0 saturated heterocycles. The van der Waals surface area contributed by atoms with Gasteiger partial charge < -0.3 is 10.3 Å². The smallest absolute Gasteiger partial charge is 0.0922 e. The van der Waals surface area contributed by atoms with Gasteiger partial charge in [0, 0.05) is 36.1 Å². The molecule has 2 heterocycles. The van der Waals surface area contributed by atoms with Crippen molar-refractivity contribution in [1.82, 2.24) is 20.3 Å². The van der Waals surface area contributed by atoms with Gasteiger partial charge in [-0.15, -0.1) is 0 Å². The van der Waals surface area contributed by atoms with Crippen molar-refractivity contribution in [3.8, 4) is 0 Å². The number of benzene rings is 1. The average Bonchev–Trinajstić information content (AvgIpc) is 2.91. The number of para-hydroxylation sites is 1. The molecule has 0 fully saturated rings. The molecule has 1 aromatic carbocycles. The molecule has 19 heavy (non-hydrogen) atoms. The third-order valence-corrected chi connectivity index (χ3v) is 3.12. The molecule has 0 aliphatic heterocycles. The van der Waals surface area contributed by atoms with E-state index < -0.39 is 0 Å². The summed E-state index contributed by atoms with van der Waals surface area (Å²) in [5.41, 5.74) is 4.48. The van der Waals surface area contributed by atoms with E-state index in [-0.39, 0.29) is 0 Å². The van der Waals surface area contributed by atoms with Crippen molar-refractivity contribution in [3.05, 3.63) is 59.8 Å². The zero-order valence-electron chi connectivity index (χ0n) is 10.9. The lowest BCUT2D eigenvalue weighted by Crippen LogP contribution is -2.13. The van der Waals surface area contributed by atoms with Crippen LogP contribution in [-0.4, -0.2) is 15.0 Å². The second-order valence-corrected chi connectivity index (χ2v) is 4.62. The molecule has 0 aliphatic rings. The Hall–Kier alpha value is -2.20. The Morgan fingerprint density at radius 3 is 2.95 bits per heavy atom. The van der Waals surface area contributed by atoms with Gasteiger partial charge in [0.1, 0.15) is 0 Å². The Bertz CT molecular complexity index is 674. The number of aryl methyl sites for hydroxylation is 1. The van der Waals surface area contributed by atoms with Crippen LogP contribution in [0.25, 0.3) is 10.9 Å². The summed E-state index contributed by atoms with van der Waals surface area (Å²) in [4.78, 5) is 11.6. The molecule has 0 atom stereocenters. The first-order valence-corrected chi connectivity index (χ1v) is 6.36. The van der Waals surface area contributed by atoms with E-state index in [4.69, 9.17) is 0 Å². The van der Waals surface area contributed by atoms with Crippen LogP contribution in [0.3, 0.4) is 0 Å². The zero-order valence-corrected chi connectivity index (χ0v) is 10.9. The van der Waals surface area contributed by atoms with E-state index >= 15 is 0 Å². The van der Waals surface area contributed by atoms with Crippen molar-refractivity contribution in [2.45, 2.75) is 20.0 Å². The monoisotopic (exact) mass is 252 g/mol. The quantitative estimate of drug-likeness (QED) is 0.750. The van der Waals surface area contributed by atoms with Crippen molar-refractivity contribution >= 4 is 10.9 Å². The van der Waals surface area contributed by atoms with Gasteiger partial charge in [0.25, 0.3) is 0 Å². The van der Waals surface area contributed by atoms with E-state index in [2.05, 4.69) is 44.5 Å². The molecule has 2 aromatic heterocycles. The van der Waals surface area contributed by atoms with Crippen molar-refractivity contribution in [3.63, 3.8) is 0 Å². The van der Waals surface area contributed by atoms with E-state index in [0.717, 1.165) is 30.0 Å². The molecule has 0 unspecified atom stereocenters. The number of pyridine rings is 1. The predicted octanol–water partition coefficient (Wildman–Crippen LogP) is 2.56. The minimum absolute atomic E-state index is 0.787. The summed E-state index contributed by atoms with van der Waals surface area (Å²) in [5, 5.41) is 4.64. The lowest BCUT2D eigenvalue weighted by atomic mass is 10.1. The first kappa shape index (κ1) is 11.9. The molecule has 0 saturated carbocycles. The largest absolute Gasteiger partial charge is 0.347 e. The van der Waals surface area contributed by atoms with Gasteiger partial charge >= 0.3 is 0 Å². The van der Waals surface area contributed by atoms with Crippen LogP contribution in [0.1, 0.15) is 17.0 Å². The standard InChI is InChI=1S/C15H16N4/c1-11-6-12(7-16-8-13-9-17-10-18-13)14-4-2-3-5-15(14)19-11/h2-6,9-10,16H,7-8H2,1H3,(H,17,18). The van der Waals surface area contributed by atoms with E-state index in [9.17, 15) is 0 Å². The molecule has 4 nitrogen and oxygen atoms in total. The topological polar surface area (TPSA) is 53.6 Å². The maximum Gasteiger partial charge on any atom is 0.0922 e. The summed E-state index contributed by atoms with van der Waals surface area (Å²) in [6, 6.07) is 10.4. The first-order valence-electron chi connectivity index (χ1n) is 6.36. The van der Waals surface area contributed by atoms with Crippen LogP contribution in [0.2, 0.25) is 0 Å². The Morgan fingerprint density at radius 1 is 1.21 bits per heavy atom. The van der Waals surface area contributed by atoms with E-state index in [0.29, 0.717) is 0 Å². The molecule has 96 valence electrons. The molecule has 2 N–H and O–H groups in total. The predicted molar refractivity (Wildman–Crippen MR) is 75.6 cm³/mol. The normalized spacial score (nSPS) is 11.0. The molecule has 0 bridgehead atoms. The highest BCUT2D eigenvalue weighted by Crippen LogP contribution is 2.17. The maximum atomic E-state index is 4.55. The number of imidazole rings is 1. The SMILES string of the molecule is Cc1cc(CNCc2cnc[nH]2)c2ccccc2n1. The number of H-pyrrole nitrogens is 1. The molecular weight excluding hydrogens is 236 g/mol. The molecule has 3 aromatic rings. The second-order valence-electron chi connectivity index (χ2n) is 4.62. The fourth-order valence-corrected chi connectivity index (χ4v) is 2.25. The van der Waals surface area contributed by atoms with E-state index in [1.807, 2.05) is 19.2 Å². The molecule has 4 heteroatoms. The molecular formula is C15H16N4. The zero-order chi connectivity index (χ0) is 13.1. The summed E-state index contributed by atoms with van der Waals surface area (Å²) in [6.45, 7) is 3.64. The van der Waals surface area contributed by atoms with Gasteiger partial charge in [0.15, 0.2) is 0 Å². The number of aromatic amines is 1. The van der Waals surface area contributed by atoms with Gasteiger partial charge in [-0.2, -0.15) is 0 Å². The Morgan fingerprint density at radius 2 is 2.11 bits per heavy atom. The number of nitrogens with zero attached hydrogens (tertiary/aromatic N) is 2. The maximum absolute atomic E-state index is 4.55. The Kier molecular flexibility index (Phi) is 3.25. The summed E-state index contributed by atoms with van der Waals surface area (Å²) in [5.74, 6) is 0.